The summed E-state index contributed by atoms with van der Waals surface area (Å²) in [5.74, 6) is 0.0329. The molecule has 0 fully saturated rings. The molecule has 110 valence electrons. The number of hydrazone groups is 1. The summed E-state index contributed by atoms with van der Waals surface area (Å²) in [5, 5.41) is 5.37. The van der Waals surface area contributed by atoms with Crippen LogP contribution in [0.4, 0.5) is 5.69 Å². The van der Waals surface area contributed by atoms with Crippen molar-refractivity contribution in [1.82, 2.24) is 5.43 Å². The van der Waals surface area contributed by atoms with Crippen molar-refractivity contribution in [1.29, 1.82) is 0 Å². The maximum atomic E-state index is 12.8. The van der Waals surface area contributed by atoms with E-state index in [-0.39, 0.29) is 5.91 Å². The predicted octanol–water partition coefficient (Wildman–Crippen LogP) is 2.71. The third-order valence-electron chi connectivity index (χ3n) is 4.06. The fourth-order valence-corrected chi connectivity index (χ4v) is 4.22. The van der Waals surface area contributed by atoms with Crippen molar-refractivity contribution in [2.24, 2.45) is 5.10 Å². The number of benzene rings is 2. The Morgan fingerprint density at radius 2 is 1.86 bits per heavy atom. The predicted molar refractivity (Wildman–Crippen MR) is 89.8 cm³/mol. The van der Waals surface area contributed by atoms with E-state index in [0.717, 1.165) is 22.7 Å². The second kappa shape index (κ2) is 4.88. The van der Waals surface area contributed by atoms with Gasteiger partial charge in [-0.2, -0.15) is 5.10 Å². The quantitative estimate of drug-likeness (QED) is 0.927. The molecule has 1 spiro atoms. The molecule has 2 aliphatic rings. The van der Waals surface area contributed by atoms with Crippen molar-refractivity contribution < 1.29 is 4.79 Å². The van der Waals surface area contributed by atoms with Gasteiger partial charge in [-0.15, -0.1) is 0 Å². The zero-order valence-corrected chi connectivity index (χ0v) is 12.9. The molecule has 2 heterocycles. The van der Waals surface area contributed by atoms with Gasteiger partial charge in [0.25, 0.3) is 5.91 Å². The van der Waals surface area contributed by atoms with Gasteiger partial charge in [-0.1, -0.05) is 60.3 Å². The molecular weight excluding hydrogens is 294 g/mol. The van der Waals surface area contributed by atoms with Crippen LogP contribution in [-0.2, 0) is 16.1 Å². The number of anilines is 1. The maximum Gasteiger partial charge on any atom is 0.269 e. The van der Waals surface area contributed by atoms with E-state index in [0.29, 0.717) is 0 Å². The molecule has 1 atom stereocenters. The summed E-state index contributed by atoms with van der Waals surface area (Å²) in [7, 11) is 1.81. The Hall–Kier alpha value is -2.27. The summed E-state index contributed by atoms with van der Waals surface area (Å²) in [6.07, 6.45) is 0.736. The van der Waals surface area contributed by atoms with E-state index < -0.39 is 4.87 Å². The summed E-state index contributed by atoms with van der Waals surface area (Å²) in [6, 6.07) is 18.1. The maximum absolute atomic E-state index is 12.8. The van der Waals surface area contributed by atoms with Gasteiger partial charge in [0.2, 0.25) is 4.87 Å². The van der Waals surface area contributed by atoms with Gasteiger partial charge < -0.3 is 4.90 Å². The molecule has 0 saturated heterocycles. The number of fused-ring (bicyclic) bond motifs is 2. The molecule has 1 amide bonds. The van der Waals surface area contributed by atoms with Gasteiger partial charge in [-0.3, -0.25) is 10.2 Å². The number of hydrogen-bond donors (Lipinski definition) is 1. The molecule has 22 heavy (non-hydrogen) atoms. The van der Waals surface area contributed by atoms with Gasteiger partial charge in [-0.05, 0) is 11.6 Å². The van der Waals surface area contributed by atoms with Gasteiger partial charge in [0, 0.05) is 19.0 Å². The van der Waals surface area contributed by atoms with Crippen LogP contribution in [0.15, 0.2) is 59.7 Å². The topological polar surface area (TPSA) is 44.7 Å². The highest BCUT2D eigenvalue weighted by molar-refractivity contribution is 8.15. The third-order valence-corrected chi connectivity index (χ3v) is 5.32. The van der Waals surface area contributed by atoms with Crippen molar-refractivity contribution in [3.05, 3.63) is 65.7 Å². The van der Waals surface area contributed by atoms with Crippen LogP contribution in [0.25, 0.3) is 0 Å². The second-order valence-electron chi connectivity index (χ2n) is 5.44. The lowest BCUT2D eigenvalue weighted by Gasteiger charge is -2.20. The summed E-state index contributed by atoms with van der Waals surface area (Å²) in [4.78, 5) is 13.7. The SMILES string of the molecule is CN1C(=O)[C@]2(NN=C(Cc3ccccc3)S2)c2ccccc21. The van der Waals surface area contributed by atoms with Gasteiger partial charge in [0.15, 0.2) is 0 Å². The third kappa shape index (κ3) is 1.85. The lowest BCUT2D eigenvalue weighted by molar-refractivity contribution is -0.120. The highest BCUT2D eigenvalue weighted by atomic mass is 32.2. The molecule has 5 heteroatoms. The summed E-state index contributed by atoms with van der Waals surface area (Å²) >= 11 is 1.52. The Kier molecular flexibility index (Phi) is 2.97. The average Bonchev–Trinajstić information content (AvgIpc) is 3.07. The number of amides is 1. The Morgan fingerprint density at radius 1 is 1.14 bits per heavy atom. The first-order chi connectivity index (χ1) is 10.7. The van der Waals surface area contributed by atoms with E-state index in [1.165, 1.54) is 17.3 Å². The van der Waals surface area contributed by atoms with Crippen molar-refractivity contribution >= 4 is 28.4 Å². The standard InChI is InChI=1S/C17H15N3OS/c1-20-14-10-6-5-9-13(14)17(16(20)21)19-18-15(22-17)11-12-7-3-2-4-8-12/h2-10,19H,11H2,1H3/t17-/m0/s1. The summed E-state index contributed by atoms with van der Waals surface area (Å²) in [6.45, 7) is 0. The molecule has 0 radical (unpaired) electrons. The van der Waals surface area contributed by atoms with Crippen LogP contribution >= 0.6 is 11.8 Å². The number of hydrogen-bond acceptors (Lipinski definition) is 4. The lowest BCUT2D eigenvalue weighted by atomic mass is 10.1. The molecule has 0 aliphatic carbocycles. The molecule has 4 rings (SSSR count). The first-order valence-corrected chi connectivity index (χ1v) is 7.97. The minimum atomic E-state index is -0.796. The lowest BCUT2D eigenvalue weighted by Crippen LogP contribution is -2.43. The van der Waals surface area contributed by atoms with E-state index in [1.54, 1.807) is 4.90 Å². The molecule has 0 unspecified atom stereocenters. The number of para-hydroxylation sites is 1. The fourth-order valence-electron chi connectivity index (χ4n) is 2.94. The number of nitrogens with zero attached hydrogens (tertiary/aromatic N) is 2. The second-order valence-corrected chi connectivity index (χ2v) is 6.73. The zero-order valence-electron chi connectivity index (χ0n) is 12.1. The van der Waals surface area contributed by atoms with E-state index >= 15 is 0 Å². The fraction of sp³-hybridized carbons (Fsp3) is 0.176. The first kappa shape index (κ1) is 13.4. The van der Waals surface area contributed by atoms with Gasteiger partial charge in [0.05, 0.1) is 5.69 Å². The monoisotopic (exact) mass is 309 g/mol. The zero-order chi connectivity index (χ0) is 15.2. The summed E-state index contributed by atoms with van der Waals surface area (Å²) in [5.41, 5.74) is 6.23. The number of thioether (sulfide) groups is 1. The van der Waals surface area contributed by atoms with Gasteiger partial charge >= 0.3 is 0 Å². The van der Waals surface area contributed by atoms with Crippen molar-refractivity contribution in [3.63, 3.8) is 0 Å². The normalized spacial score (nSPS) is 22.7. The van der Waals surface area contributed by atoms with E-state index in [9.17, 15) is 4.79 Å². The number of nitrogens with one attached hydrogen (secondary N) is 1. The van der Waals surface area contributed by atoms with E-state index in [1.807, 2.05) is 49.5 Å². The van der Waals surface area contributed by atoms with Gasteiger partial charge in [-0.25, -0.2) is 0 Å². The van der Waals surface area contributed by atoms with Crippen LogP contribution in [0.1, 0.15) is 11.1 Å². The molecule has 4 nitrogen and oxygen atoms in total. The minimum absolute atomic E-state index is 0.0329. The van der Waals surface area contributed by atoms with Crippen LogP contribution in [0.5, 0.6) is 0 Å². The minimum Gasteiger partial charge on any atom is -0.312 e. The van der Waals surface area contributed by atoms with Crippen LogP contribution in [-0.4, -0.2) is 18.0 Å². The van der Waals surface area contributed by atoms with Crippen LogP contribution < -0.4 is 10.3 Å². The Bertz CT molecular complexity index is 774. The van der Waals surface area contributed by atoms with E-state index in [2.05, 4.69) is 22.7 Å². The number of rotatable bonds is 2. The Labute approximate surface area is 133 Å². The Morgan fingerprint density at radius 3 is 2.68 bits per heavy atom. The highest BCUT2D eigenvalue weighted by Gasteiger charge is 2.53. The van der Waals surface area contributed by atoms with Crippen molar-refractivity contribution in [3.8, 4) is 0 Å². The molecule has 0 saturated carbocycles. The molecule has 2 aliphatic heterocycles. The summed E-state index contributed by atoms with van der Waals surface area (Å²) < 4.78 is 0. The van der Waals surface area contributed by atoms with Crippen LogP contribution in [0, 0.1) is 0 Å². The number of carbonyl (C=O) groups excluding carboxylic acids is 1. The first-order valence-electron chi connectivity index (χ1n) is 7.15. The smallest absolute Gasteiger partial charge is 0.269 e. The number of carbonyl (C=O) groups is 1. The van der Waals surface area contributed by atoms with Gasteiger partial charge in [0.1, 0.15) is 5.04 Å². The van der Waals surface area contributed by atoms with E-state index in [4.69, 9.17) is 0 Å². The Balaban J connectivity index is 1.64. The number of likely N-dealkylation sites (N-methyl/N-ethyl adjacent to an activating group) is 1. The molecular formula is C17H15N3OS. The molecule has 2 aromatic rings. The molecule has 2 aromatic carbocycles. The average molecular weight is 309 g/mol. The highest BCUT2D eigenvalue weighted by Crippen LogP contribution is 2.49. The largest absolute Gasteiger partial charge is 0.312 e. The van der Waals surface area contributed by atoms with Crippen LogP contribution in [0.3, 0.4) is 0 Å². The molecule has 1 N–H and O–H groups in total. The van der Waals surface area contributed by atoms with Crippen molar-refractivity contribution in [2.45, 2.75) is 11.3 Å². The molecule has 0 aromatic heterocycles. The molecule has 0 bridgehead atoms. The van der Waals surface area contributed by atoms with Crippen molar-refractivity contribution in [2.75, 3.05) is 11.9 Å². The van der Waals surface area contributed by atoms with Crippen LogP contribution in [0.2, 0.25) is 0 Å².